The molecule has 5 nitrogen and oxygen atoms in total. The number of aliphatic hydroxyl groups is 1. The second-order valence-corrected chi connectivity index (χ2v) is 3.55. The summed E-state index contributed by atoms with van der Waals surface area (Å²) in [6, 6.07) is 0. The number of hydrogen-bond acceptors (Lipinski definition) is 4. The van der Waals surface area contributed by atoms with Crippen LogP contribution in [0.3, 0.4) is 0 Å². The van der Waals surface area contributed by atoms with Gasteiger partial charge in [0.2, 0.25) is 0 Å². The van der Waals surface area contributed by atoms with Crippen molar-refractivity contribution in [2.75, 3.05) is 13.7 Å². The van der Waals surface area contributed by atoms with Gasteiger partial charge in [0.25, 0.3) is 0 Å². The minimum absolute atomic E-state index is 0.377. The molecule has 1 aromatic heterocycles. The highest BCUT2D eigenvalue weighted by Gasteiger charge is 2.08. The SMILES string of the molecule is CCCn1ncnc1CCC(O)COC. The van der Waals surface area contributed by atoms with Crippen LogP contribution >= 0.6 is 0 Å². The molecule has 0 bridgehead atoms. The molecule has 1 aromatic rings. The van der Waals surface area contributed by atoms with E-state index in [0.717, 1.165) is 25.2 Å². The Morgan fingerprint density at radius 2 is 2.40 bits per heavy atom. The third kappa shape index (κ3) is 3.97. The van der Waals surface area contributed by atoms with Gasteiger partial charge in [0.05, 0.1) is 12.7 Å². The lowest BCUT2D eigenvalue weighted by Gasteiger charge is -2.09. The van der Waals surface area contributed by atoms with Crippen LogP contribution in [0, 0.1) is 0 Å². The molecule has 0 fully saturated rings. The monoisotopic (exact) mass is 213 g/mol. The van der Waals surface area contributed by atoms with E-state index in [2.05, 4.69) is 17.0 Å². The Labute approximate surface area is 90.1 Å². The number of aryl methyl sites for hydroxylation is 2. The zero-order valence-electron chi connectivity index (χ0n) is 9.39. The van der Waals surface area contributed by atoms with Crippen molar-refractivity contribution in [3.8, 4) is 0 Å². The Kier molecular flexibility index (Phi) is 5.28. The van der Waals surface area contributed by atoms with Gasteiger partial charge in [0.1, 0.15) is 12.2 Å². The summed E-state index contributed by atoms with van der Waals surface area (Å²) in [5, 5.41) is 13.6. The molecule has 0 aliphatic carbocycles. The fourth-order valence-corrected chi connectivity index (χ4v) is 1.45. The molecule has 1 heterocycles. The van der Waals surface area contributed by atoms with Crippen LogP contribution < -0.4 is 0 Å². The Morgan fingerprint density at radius 1 is 1.60 bits per heavy atom. The second kappa shape index (κ2) is 6.53. The lowest BCUT2D eigenvalue weighted by Crippen LogP contribution is -2.16. The predicted octanol–water partition coefficient (Wildman–Crippen LogP) is 0.628. The Bertz CT molecular complexity index is 275. The van der Waals surface area contributed by atoms with Crippen LogP contribution in [0.4, 0.5) is 0 Å². The van der Waals surface area contributed by atoms with Crippen LogP contribution in [0.2, 0.25) is 0 Å². The molecule has 0 aliphatic rings. The van der Waals surface area contributed by atoms with Crippen molar-refractivity contribution in [3.63, 3.8) is 0 Å². The number of rotatable bonds is 7. The van der Waals surface area contributed by atoms with Gasteiger partial charge in [-0.3, -0.25) is 4.68 Å². The van der Waals surface area contributed by atoms with E-state index >= 15 is 0 Å². The van der Waals surface area contributed by atoms with Gasteiger partial charge in [-0.25, -0.2) is 4.98 Å². The summed E-state index contributed by atoms with van der Waals surface area (Å²) in [7, 11) is 1.59. The number of ether oxygens (including phenoxy) is 1. The molecular weight excluding hydrogens is 194 g/mol. The van der Waals surface area contributed by atoms with Crippen LogP contribution in [0.1, 0.15) is 25.6 Å². The minimum atomic E-state index is -0.415. The lowest BCUT2D eigenvalue weighted by molar-refractivity contribution is 0.0590. The first-order valence-electron chi connectivity index (χ1n) is 5.31. The molecular formula is C10H19N3O2. The van der Waals surface area contributed by atoms with E-state index in [9.17, 15) is 5.11 Å². The van der Waals surface area contributed by atoms with E-state index < -0.39 is 6.10 Å². The Morgan fingerprint density at radius 3 is 3.07 bits per heavy atom. The molecule has 0 radical (unpaired) electrons. The molecule has 1 N–H and O–H groups in total. The first-order valence-corrected chi connectivity index (χ1v) is 5.31. The van der Waals surface area contributed by atoms with E-state index in [1.54, 1.807) is 13.4 Å². The molecule has 0 aromatic carbocycles. The van der Waals surface area contributed by atoms with E-state index in [0.29, 0.717) is 13.0 Å². The molecule has 1 rings (SSSR count). The van der Waals surface area contributed by atoms with Crippen LogP contribution in [0.25, 0.3) is 0 Å². The second-order valence-electron chi connectivity index (χ2n) is 3.55. The summed E-state index contributed by atoms with van der Waals surface area (Å²) in [6.45, 7) is 3.36. The maximum Gasteiger partial charge on any atom is 0.138 e. The van der Waals surface area contributed by atoms with Gasteiger partial charge < -0.3 is 9.84 Å². The highest BCUT2D eigenvalue weighted by atomic mass is 16.5. The maximum absolute atomic E-state index is 9.49. The van der Waals surface area contributed by atoms with E-state index in [1.165, 1.54) is 0 Å². The number of methoxy groups -OCH3 is 1. The van der Waals surface area contributed by atoms with Crippen LogP contribution in [0.15, 0.2) is 6.33 Å². The summed E-state index contributed by atoms with van der Waals surface area (Å²) >= 11 is 0. The van der Waals surface area contributed by atoms with Gasteiger partial charge >= 0.3 is 0 Å². The van der Waals surface area contributed by atoms with Crippen LogP contribution in [0.5, 0.6) is 0 Å². The zero-order chi connectivity index (χ0) is 11.1. The van der Waals surface area contributed by atoms with Crippen molar-refractivity contribution in [2.45, 2.75) is 38.8 Å². The fraction of sp³-hybridized carbons (Fsp3) is 0.800. The van der Waals surface area contributed by atoms with Gasteiger partial charge in [0, 0.05) is 20.1 Å². The number of aromatic nitrogens is 3. The molecule has 0 aliphatic heterocycles. The average Bonchev–Trinajstić information content (AvgIpc) is 2.64. The van der Waals surface area contributed by atoms with Crippen molar-refractivity contribution < 1.29 is 9.84 Å². The molecule has 86 valence electrons. The standard InChI is InChI=1S/C10H19N3O2/c1-3-6-13-10(11-8-12-13)5-4-9(14)7-15-2/h8-9,14H,3-7H2,1-2H3. The first kappa shape index (κ1) is 12.1. The summed E-state index contributed by atoms with van der Waals surface area (Å²) in [5.41, 5.74) is 0. The van der Waals surface area contributed by atoms with Gasteiger partial charge in [0.15, 0.2) is 0 Å². The topological polar surface area (TPSA) is 60.2 Å². The third-order valence-electron chi connectivity index (χ3n) is 2.19. The van der Waals surface area contributed by atoms with Gasteiger partial charge in [-0.05, 0) is 12.8 Å². The average molecular weight is 213 g/mol. The van der Waals surface area contributed by atoms with Crippen molar-refractivity contribution >= 4 is 0 Å². The number of hydrogen-bond donors (Lipinski definition) is 1. The van der Waals surface area contributed by atoms with Crippen molar-refractivity contribution in [3.05, 3.63) is 12.2 Å². The van der Waals surface area contributed by atoms with E-state index in [1.807, 2.05) is 4.68 Å². The molecule has 1 unspecified atom stereocenters. The van der Waals surface area contributed by atoms with E-state index in [-0.39, 0.29) is 0 Å². The fourth-order valence-electron chi connectivity index (χ4n) is 1.45. The van der Waals surface area contributed by atoms with Gasteiger partial charge in [-0.15, -0.1) is 0 Å². The molecule has 0 spiro atoms. The Hall–Kier alpha value is -0.940. The molecule has 0 saturated carbocycles. The number of aliphatic hydroxyl groups excluding tert-OH is 1. The highest BCUT2D eigenvalue weighted by molar-refractivity contribution is 4.85. The van der Waals surface area contributed by atoms with Crippen molar-refractivity contribution in [2.24, 2.45) is 0 Å². The largest absolute Gasteiger partial charge is 0.391 e. The lowest BCUT2D eigenvalue weighted by atomic mass is 10.2. The molecule has 1 atom stereocenters. The summed E-state index contributed by atoms with van der Waals surface area (Å²) in [5.74, 6) is 0.937. The van der Waals surface area contributed by atoms with Gasteiger partial charge in [-0.2, -0.15) is 5.10 Å². The van der Waals surface area contributed by atoms with Crippen LogP contribution in [-0.4, -0.2) is 39.7 Å². The normalized spacial score (nSPS) is 13.0. The maximum atomic E-state index is 9.49. The predicted molar refractivity (Wildman–Crippen MR) is 56.5 cm³/mol. The quantitative estimate of drug-likeness (QED) is 0.721. The third-order valence-corrected chi connectivity index (χ3v) is 2.19. The van der Waals surface area contributed by atoms with Gasteiger partial charge in [-0.1, -0.05) is 6.92 Å². The van der Waals surface area contributed by atoms with Crippen molar-refractivity contribution in [1.82, 2.24) is 14.8 Å². The molecule has 0 saturated heterocycles. The van der Waals surface area contributed by atoms with E-state index in [4.69, 9.17) is 4.74 Å². The van der Waals surface area contributed by atoms with Crippen molar-refractivity contribution in [1.29, 1.82) is 0 Å². The highest BCUT2D eigenvalue weighted by Crippen LogP contribution is 2.03. The zero-order valence-corrected chi connectivity index (χ0v) is 9.39. The number of nitrogens with zero attached hydrogens (tertiary/aromatic N) is 3. The smallest absolute Gasteiger partial charge is 0.138 e. The minimum Gasteiger partial charge on any atom is -0.391 e. The first-order chi connectivity index (χ1) is 7.27. The Balaban J connectivity index is 2.39. The molecule has 0 amide bonds. The summed E-state index contributed by atoms with van der Waals surface area (Å²) in [4.78, 5) is 4.17. The summed E-state index contributed by atoms with van der Waals surface area (Å²) < 4.78 is 6.75. The molecule has 15 heavy (non-hydrogen) atoms. The molecule has 5 heteroatoms. The van der Waals surface area contributed by atoms with Crippen LogP contribution in [-0.2, 0) is 17.7 Å². The summed E-state index contributed by atoms with van der Waals surface area (Å²) in [6.07, 6.45) is 3.59.